The molecule has 1 rings (SSSR count). The third-order valence-electron chi connectivity index (χ3n) is 3.48. The number of carboxylic acid groups (broad SMARTS) is 2. The van der Waals surface area contributed by atoms with Crippen molar-refractivity contribution in [3.05, 3.63) is 0 Å². The van der Waals surface area contributed by atoms with Crippen molar-refractivity contribution in [3.63, 3.8) is 0 Å². The molecule has 0 heterocycles. The first-order valence-corrected chi connectivity index (χ1v) is 8.33. The maximum atomic E-state index is 12.1. The zero-order chi connectivity index (χ0) is 15.2. The Bertz CT molecular complexity index is 441. The van der Waals surface area contributed by atoms with Gasteiger partial charge in [0.25, 0.3) is 0 Å². The quantitative estimate of drug-likeness (QED) is 0.614. The normalized spacial score (nSPS) is 18.6. The van der Waals surface area contributed by atoms with Crippen LogP contribution in [0.25, 0.3) is 0 Å². The summed E-state index contributed by atoms with van der Waals surface area (Å²) in [4.78, 5) is 21.5. The Balaban J connectivity index is 2.59. The summed E-state index contributed by atoms with van der Waals surface area (Å²) in [6.45, 7) is 0. The molecule has 0 radical (unpaired) electrons. The van der Waals surface area contributed by atoms with Gasteiger partial charge in [0, 0.05) is 6.42 Å². The first kappa shape index (κ1) is 16.9. The number of rotatable bonds is 8. The van der Waals surface area contributed by atoms with Crippen LogP contribution in [0.5, 0.6) is 0 Å². The lowest BCUT2D eigenvalue weighted by Crippen LogP contribution is -2.45. The van der Waals surface area contributed by atoms with Gasteiger partial charge in [0.1, 0.15) is 6.04 Å². The number of carbonyl (C=O) groups is 2. The van der Waals surface area contributed by atoms with Crippen molar-refractivity contribution >= 4 is 22.0 Å². The Morgan fingerprint density at radius 3 is 2.25 bits per heavy atom. The zero-order valence-corrected chi connectivity index (χ0v) is 12.1. The Morgan fingerprint density at radius 1 is 1.15 bits per heavy atom. The van der Waals surface area contributed by atoms with Crippen LogP contribution in [0.2, 0.25) is 0 Å². The second kappa shape index (κ2) is 7.58. The number of hydrogen-bond donors (Lipinski definition) is 3. The lowest BCUT2D eigenvalue weighted by atomic mass is 10.0. The lowest BCUT2D eigenvalue weighted by molar-refractivity contribution is -0.140. The van der Waals surface area contributed by atoms with Crippen molar-refractivity contribution in [2.45, 2.75) is 62.7 Å². The van der Waals surface area contributed by atoms with Gasteiger partial charge in [-0.15, -0.1) is 0 Å². The molecule has 0 unspecified atom stereocenters. The third kappa shape index (κ3) is 5.46. The highest BCUT2D eigenvalue weighted by molar-refractivity contribution is 7.90. The number of hydrogen-bond acceptors (Lipinski definition) is 4. The van der Waals surface area contributed by atoms with E-state index < -0.39 is 33.3 Å². The van der Waals surface area contributed by atoms with E-state index in [1.54, 1.807) is 0 Å². The van der Waals surface area contributed by atoms with Gasteiger partial charge in [-0.05, 0) is 25.7 Å². The molecule has 0 saturated heterocycles. The van der Waals surface area contributed by atoms with E-state index >= 15 is 0 Å². The Labute approximate surface area is 118 Å². The molecule has 0 aromatic rings. The van der Waals surface area contributed by atoms with Crippen LogP contribution in [-0.4, -0.2) is 41.9 Å². The minimum Gasteiger partial charge on any atom is -0.481 e. The van der Waals surface area contributed by atoms with Gasteiger partial charge in [-0.2, -0.15) is 0 Å². The van der Waals surface area contributed by atoms with Crippen LogP contribution in [0.1, 0.15) is 51.4 Å². The SMILES string of the molecule is O=C(O)CCC[C@@H](NS(=O)(=O)C1CCCCC1)C(=O)O. The average Bonchev–Trinajstić information content (AvgIpc) is 2.38. The van der Waals surface area contributed by atoms with E-state index in [1.807, 2.05) is 0 Å². The highest BCUT2D eigenvalue weighted by atomic mass is 32.2. The summed E-state index contributed by atoms with van der Waals surface area (Å²) in [5, 5.41) is 17.0. The van der Waals surface area contributed by atoms with Crippen molar-refractivity contribution in [1.82, 2.24) is 4.72 Å². The maximum Gasteiger partial charge on any atom is 0.321 e. The number of carboxylic acids is 2. The molecular weight excluding hydrogens is 286 g/mol. The fourth-order valence-corrected chi connectivity index (χ4v) is 4.12. The molecule has 0 aromatic carbocycles. The number of aliphatic carboxylic acids is 2. The summed E-state index contributed by atoms with van der Waals surface area (Å²) in [6.07, 6.45) is 3.72. The average molecular weight is 307 g/mol. The monoisotopic (exact) mass is 307 g/mol. The van der Waals surface area contributed by atoms with Crippen LogP contribution in [0, 0.1) is 0 Å². The van der Waals surface area contributed by atoms with Gasteiger partial charge in [-0.3, -0.25) is 9.59 Å². The second-order valence-corrected chi connectivity index (χ2v) is 7.09. The molecule has 1 saturated carbocycles. The molecule has 7 nitrogen and oxygen atoms in total. The fraction of sp³-hybridized carbons (Fsp3) is 0.833. The molecule has 0 aromatic heterocycles. The number of nitrogens with one attached hydrogen (secondary N) is 1. The van der Waals surface area contributed by atoms with Crippen molar-refractivity contribution < 1.29 is 28.2 Å². The summed E-state index contributed by atoms with van der Waals surface area (Å²) in [7, 11) is -3.66. The molecule has 1 aliphatic carbocycles. The largest absolute Gasteiger partial charge is 0.481 e. The van der Waals surface area contributed by atoms with E-state index in [0.717, 1.165) is 19.3 Å². The predicted molar refractivity (Wildman–Crippen MR) is 71.8 cm³/mol. The molecule has 1 atom stereocenters. The van der Waals surface area contributed by atoms with Gasteiger partial charge in [-0.25, -0.2) is 13.1 Å². The maximum absolute atomic E-state index is 12.1. The lowest BCUT2D eigenvalue weighted by Gasteiger charge is -2.24. The molecular formula is C12H21NO6S. The van der Waals surface area contributed by atoms with Crippen molar-refractivity contribution in [2.75, 3.05) is 0 Å². The van der Waals surface area contributed by atoms with Gasteiger partial charge in [0.15, 0.2) is 0 Å². The van der Waals surface area contributed by atoms with Gasteiger partial charge >= 0.3 is 11.9 Å². The zero-order valence-electron chi connectivity index (χ0n) is 11.2. The van der Waals surface area contributed by atoms with Crippen LogP contribution in [-0.2, 0) is 19.6 Å². The summed E-state index contributed by atoms with van der Waals surface area (Å²) >= 11 is 0. The summed E-state index contributed by atoms with van der Waals surface area (Å²) in [6, 6.07) is -1.25. The van der Waals surface area contributed by atoms with E-state index in [-0.39, 0.29) is 19.3 Å². The molecule has 20 heavy (non-hydrogen) atoms. The third-order valence-corrected chi connectivity index (χ3v) is 5.44. The Hall–Kier alpha value is -1.15. The van der Waals surface area contributed by atoms with Crippen LogP contribution >= 0.6 is 0 Å². The molecule has 0 bridgehead atoms. The minimum absolute atomic E-state index is 0.0203. The standard InChI is InChI=1S/C12H21NO6S/c14-11(15)8-4-7-10(12(16)17)13-20(18,19)9-5-2-1-3-6-9/h9-10,13H,1-8H2,(H,14,15)(H,16,17)/t10-/m1/s1. The van der Waals surface area contributed by atoms with E-state index in [9.17, 15) is 18.0 Å². The highest BCUT2D eigenvalue weighted by Gasteiger charge is 2.31. The fourth-order valence-electron chi connectivity index (χ4n) is 2.36. The molecule has 8 heteroatoms. The molecule has 116 valence electrons. The smallest absolute Gasteiger partial charge is 0.321 e. The van der Waals surface area contributed by atoms with E-state index in [2.05, 4.69) is 4.72 Å². The van der Waals surface area contributed by atoms with Gasteiger partial charge in [0.05, 0.1) is 5.25 Å². The molecule has 0 spiro atoms. The number of sulfonamides is 1. The first-order valence-electron chi connectivity index (χ1n) is 6.78. The van der Waals surface area contributed by atoms with Crippen LogP contribution < -0.4 is 4.72 Å². The van der Waals surface area contributed by atoms with Gasteiger partial charge < -0.3 is 10.2 Å². The van der Waals surface area contributed by atoms with Gasteiger partial charge in [0.2, 0.25) is 10.0 Å². The molecule has 1 aliphatic rings. The molecule has 1 fully saturated rings. The van der Waals surface area contributed by atoms with Crippen molar-refractivity contribution in [3.8, 4) is 0 Å². The second-order valence-electron chi connectivity index (χ2n) is 5.10. The predicted octanol–water partition coefficient (Wildman–Crippen LogP) is 0.947. The first-order chi connectivity index (χ1) is 9.33. The van der Waals surface area contributed by atoms with Gasteiger partial charge in [-0.1, -0.05) is 19.3 Å². The Kier molecular flexibility index (Phi) is 6.41. The van der Waals surface area contributed by atoms with E-state index in [1.165, 1.54) is 0 Å². The van der Waals surface area contributed by atoms with E-state index in [4.69, 9.17) is 10.2 Å². The van der Waals surface area contributed by atoms with Crippen molar-refractivity contribution in [2.24, 2.45) is 0 Å². The summed E-state index contributed by atoms with van der Waals surface area (Å²) in [5.41, 5.74) is 0. The van der Waals surface area contributed by atoms with Crippen LogP contribution in [0.3, 0.4) is 0 Å². The minimum atomic E-state index is -3.66. The van der Waals surface area contributed by atoms with Crippen LogP contribution in [0.15, 0.2) is 0 Å². The topological polar surface area (TPSA) is 121 Å². The van der Waals surface area contributed by atoms with E-state index in [0.29, 0.717) is 12.8 Å². The summed E-state index contributed by atoms with van der Waals surface area (Å²) < 4.78 is 26.4. The molecule has 3 N–H and O–H groups in total. The van der Waals surface area contributed by atoms with Crippen LogP contribution in [0.4, 0.5) is 0 Å². The Morgan fingerprint density at radius 2 is 1.75 bits per heavy atom. The van der Waals surface area contributed by atoms with Crippen molar-refractivity contribution in [1.29, 1.82) is 0 Å². The highest BCUT2D eigenvalue weighted by Crippen LogP contribution is 2.23. The summed E-state index contributed by atoms with van der Waals surface area (Å²) in [5.74, 6) is -2.29. The molecule has 0 aliphatic heterocycles. The molecule has 0 amide bonds.